The summed E-state index contributed by atoms with van der Waals surface area (Å²) in [7, 11) is 0. The summed E-state index contributed by atoms with van der Waals surface area (Å²) in [5, 5.41) is 13.2. The van der Waals surface area contributed by atoms with Gasteiger partial charge in [-0.3, -0.25) is 19.7 Å². The number of hydrogen-bond donors (Lipinski definition) is 2. The zero-order chi connectivity index (χ0) is 16.7. The van der Waals surface area contributed by atoms with Crippen LogP contribution in [-0.4, -0.2) is 22.8 Å². The van der Waals surface area contributed by atoms with Gasteiger partial charge in [-0.15, -0.1) is 0 Å². The van der Waals surface area contributed by atoms with Crippen molar-refractivity contribution in [3.05, 3.63) is 51.6 Å². The highest BCUT2D eigenvalue weighted by Crippen LogP contribution is 2.13. The van der Waals surface area contributed by atoms with Crippen LogP contribution in [0.15, 0.2) is 35.9 Å². The topological polar surface area (TPSA) is 115 Å². The molecule has 0 spiro atoms. The van der Waals surface area contributed by atoms with Crippen molar-refractivity contribution in [2.24, 2.45) is 5.73 Å². The number of benzene rings is 1. The maximum Gasteiger partial charge on any atom is 0.269 e. The predicted molar refractivity (Wildman–Crippen MR) is 82.0 cm³/mol. The summed E-state index contributed by atoms with van der Waals surface area (Å²) in [6.07, 6.45) is 2.07. The number of allylic oxidation sites excluding steroid dienone is 1. The minimum atomic E-state index is -0.791. The minimum Gasteiger partial charge on any atom is -0.368 e. The van der Waals surface area contributed by atoms with Gasteiger partial charge in [0.25, 0.3) is 5.69 Å². The predicted octanol–water partition coefficient (Wildman–Crippen LogP) is 1.46. The molecule has 0 saturated heterocycles. The van der Waals surface area contributed by atoms with Gasteiger partial charge in [0.1, 0.15) is 6.04 Å². The molecule has 0 aromatic heterocycles. The molecule has 0 bridgehead atoms. The van der Waals surface area contributed by atoms with E-state index in [1.54, 1.807) is 6.07 Å². The second kappa shape index (κ2) is 7.92. The van der Waals surface area contributed by atoms with Crippen LogP contribution in [0.5, 0.6) is 0 Å². The van der Waals surface area contributed by atoms with E-state index >= 15 is 0 Å². The minimum absolute atomic E-state index is 0.0553. The van der Waals surface area contributed by atoms with Gasteiger partial charge in [-0.2, -0.15) is 0 Å². The third-order valence-electron chi connectivity index (χ3n) is 2.93. The number of nitro benzene ring substituents is 1. The highest BCUT2D eigenvalue weighted by Gasteiger charge is 2.17. The van der Waals surface area contributed by atoms with Crippen molar-refractivity contribution in [3.8, 4) is 0 Å². The number of amides is 2. The molecule has 1 aromatic carbocycles. The van der Waals surface area contributed by atoms with E-state index in [9.17, 15) is 19.7 Å². The molecule has 1 rings (SSSR count). The van der Waals surface area contributed by atoms with Crippen LogP contribution in [0.3, 0.4) is 0 Å². The van der Waals surface area contributed by atoms with Crippen molar-refractivity contribution >= 4 is 17.5 Å². The van der Waals surface area contributed by atoms with Gasteiger partial charge in [-0.05, 0) is 25.8 Å². The molecule has 0 aliphatic rings. The molecule has 118 valence electrons. The average molecular weight is 305 g/mol. The Morgan fingerprint density at radius 1 is 1.41 bits per heavy atom. The lowest BCUT2D eigenvalue weighted by Crippen LogP contribution is -2.44. The van der Waals surface area contributed by atoms with E-state index < -0.39 is 22.8 Å². The number of primary amides is 1. The van der Waals surface area contributed by atoms with Gasteiger partial charge in [-0.25, -0.2) is 0 Å². The molecule has 1 atom stereocenters. The quantitative estimate of drug-likeness (QED) is 0.450. The van der Waals surface area contributed by atoms with E-state index in [1.807, 2.05) is 19.9 Å². The Kier molecular flexibility index (Phi) is 6.25. The third-order valence-corrected chi connectivity index (χ3v) is 2.93. The van der Waals surface area contributed by atoms with Gasteiger partial charge < -0.3 is 11.1 Å². The van der Waals surface area contributed by atoms with Gasteiger partial charge in [0.15, 0.2) is 0 Å². The van der Waals surface area contributed by atoms with Crippen molar-refractivity contribution < 1.29 is 14.5 Å². The fourth-order valence-electron chi connectivity index (χ4n) is 1.81. The van der Waals surface area contributed by atoms with Gasteiger partial charge in [0.05, 0.1) is 11.3 Å². The summed E-state index contributed by atoms with van der Waals surface area (Å²) in [4.78, 5) is 33.4. The molecular weight excluding hydrogens is 286 g/mol. The smallest absolute Gasteiger partial charge is 0.269 e. The number of rotatable bonds is 7. The van der Waals surface area contributed by atoms with Crippen LogP contribution in [0, 0.1) is 10.1 Å². The third kappa shape index (κ3) is 5.74. The van der Waals surface area contributed by atoms with Crippen molar-refractivity contribution in [1.29, 1.82) is 0 Å². The number of nitrogens with zero attached hydrogens (tertiary/aromatic N) is 1. The number of non-ortho nitro benzene ring substituents is 1. The molecule has 7 nitrogen and oxygen atoms in total. The Bertz CT molecular complexity index is 607. The fourth-order valence-corrected chi connectivity index (χ4v) is 1.81. The zero-order valence-electron chi connectivity index (χ0n) is 12.5. The Labute approximate surface area is 128 Å². The van der Waals surface area contributed by atoms with Crippen molar-refractivity contribution in [3.63, 3.8) is 0 Å². The van der Waals surface area contributed by atoms with Crippen LogP contribution in [0.4, 0.5) is 5.69 Å². The van der Waals surface area contributed by atoms with Crippen LogP contribution in [0.25, 0.3) is 0 Å². The summed E-state index contributed by atoms with van der Waals surface area (Å²) < 4.78 is 0. The van der Waals surface area contributed by atoms with E-state index in [-0.39, 0.29) is 12.1 Å². The van der Waals surface area contributed by atoms with Crippen LogP contribution < -0.4 is 11.1 Å². The Hall–Kier alpha value is -2.70. The van der Waals surface area contributed by atoms with E-state index in [4.69, 9.17) is 5.73 Å². The standard InChI is InChI=1S/C15H19N3O4/c1-10(2)6-7-13(15(16)20)17-14(19)9-11-4-3-5-12(8-11)18(21)22/h3-6,8,13H,7,9H2,1-2H3,(H2,16,20)(H,17,19)/t13-/m0/s1. The molecule has 1 aromatic rings. The lowest BCUT2D eigenvalue weighted by molar-refractivity contribution is -0.384. The van der Waals surface area contributed by atoms with E-state index in [0.717, 1.165) is 5.57 Å². The van der Waals surface area contributed by atoms with Crippen LogP contribution in [-0.2, 0) is 16.0 Å². The highest BCUT2D eigenvalue weighted by atomic mass is 16.6. The molecule has 0 radical (unpaired) electrons. The normalized spacial score (nSPS) is 11.4. The summed E-state index contributed by atoms with van der Waals surface area (Å²) in [5.41, 5.74) is 6.68. The monoisotopic (exact) mass is 305 g/mol. The second-order valence-electron chi connectivity index (χ2n) is 5.14. The van der Waals surface area contributed by atoms with Gasteiger partial charge >= 0.3 is 0 Å². The molecule has 0 aliphatic carbocycles. The first-order chi connectivity index (χ1) is 10.3. The van der Waals surface area contributed by atoms with Gasteiger partial charge in [0, 0.05) is 12.1 Å². The number of carbonyl (C=O) groups excluding carboxylic acids is 2. The first-order valence-electron chi connectivity index (χ1n) is 6.75. The fraction of sp³-hybridized carbons (Fsp3) is 0.333. The van der Waals surface area contributed by atoms with Crippen LogP contribution in [0.2, 0.25) is 0 Å². The summed E-state index contributed by atoms with van der Waals surface area (Å²) in [6, 6.07) is 5.01. The van der Waals surface area contributed by atoms with Crippen molar-refractivity contribution in [2.45, 2.75) is 32.7 Å². The zero-order valence-corrected chi connectivity index (χ0v) is 12.5. The first kappa shape index (κ1) is 17.4. The second-order valence-corrected chi connectivity index (χ2v) is 5.14. The number of carbonyl (C=O) groups is 2. The van der Waals surface area contributed by atoms with Crippen molar-refractivity contribution in [1.82, 2.24) is 5.32 Å². The molecule has 0 fully saturated rings. The largest absolute Gasteiger partial charge is 0.368 e. The molecule has 3 N–H and O–H groups in total. The lowest BCUT2D eigenvalue weighted by Gasteiger charge is -2.14. The van der Waals surface area contributed by atoms with E-state index in [1.165, 1.54) is 18.2 Å². The highest BCUT2D eigenvalue weighted by molar-refractivity contribution is 5.87. The Balaban J connectivity index is 2.71. The molecule has 0 aliphatic heterocycles. The molecule has 0 unspecified atom stereocenters. The number of hydrogen-bond acceptors (Lipinski definition) is 4. The van der Waals surface area contributed by atoms with Gasteiger partial charge in [-0.1, -0.05) is 23.8 Å². The number of nitrogens with one attached hydrogen (secondary N) is 1. The SMILES string of the molecule is CC(C)=CC[C@H](NC(=O)Cc1cccc([N+](=O)[O-])c1)C(N)=O. The van der Waals surface area contributed by atoms with Gasteiger partial charge in [0.2, 0.25) is 11.8 Å². The van der Waals surface area contributed by atoms with E-state index in [2.05, 4.69) is 5.32 Å². The average Bonchev–Trinajstić information content (AvgIpc) is 2.43. The Morgan fingerprint density at radius 2 is 2.09 bits per heavy atom. The summed E-state index contributed by atoms with van der Waals surface area (Å²) in [5.74, 6) is -1.03. The van der Waals surface area contributed by atoms with Crippen molar-refractivity contribution in [2.75, 3.05) is 0 Å². The number of nitro groups is 1. The maximum atomic E-state index is 11.9. The van der Waals surface area contributed by atoms with Crippen LogP contribution in [0.1, 0.15) is 25.8 Å². The number of nitrogens with two attached hydrogens (primary N) is 1. The molecule has 2 amide bonds. The summed E-state index contributed by atoms with van der Waals surface area (Å²) >= 11 is 0. The van der Waals surface area contributed by atoms with E-state index in [0.29, 0.717) is 12.0 Å². The lowest BCUT2D eigenvalue weighted by atomic mass is 10.1. The summed E-state index contributed by atoms with van der Waals surface area (Å²) in [6.45, 7) is 3.76. The molecule has 0 saturated carbocycles. The maximum absolute atomic E-state index is 11.9. The molecule has 7 heteroatoms. The Morgan fingerprint density at radius 3 is 2.64 bits per heavy atom. The molecular formula is C15H19N3O4. The van der Waals surface area contributed by atoms with Crippen LogP contribution >= 0.6 is 0 Å². The molecule has 0 heterocycles. The first-order valence-corrected chi connectivity index (χ1v) is 6.75. The molecule has 22 heavy (non-hydrogen) atoms.